The molecule has 0 aliphatic carbocycles. The second-order valence-electron chi connectivity index (χ2n) is 4.79. The molecular formula is C12H20N4O2. The van der Waals surface area contributed by atoms with Crippen LogP contribution in [-0.4, -0.2) is 34.0 Å². The summed E-state index contributed by atoms with van der Waals surface area (Å²) in [6, 6.07) is 0.103. The van der Waals surface area contributed by atoms with Crippen LogP contribution < -0.4 is 5.73 Å². The number of amides is 1. The number of aromatic nitrogens is 2. The minimum absolute atomic E-state index is 0.0161. The van der Waals surface area contributed by atoms with Crippen molar-refractivity contribution >= 4 is 5.91 Å². The van der Waals surface area contributed by atoms with Gasteiger partial charge in [0.05, 0.1) is 6.04 Å². The Morgan fingerprint density at radius 2 is 2.22 bits per heavy atom. The molecule has 1 aromatic heterocycles. The van der Waals surface area contributed by atoms with E-state index in [1.165, 1.54) is 0 Å². The number of likely N-dealkylation sites (tertiary alicyclic amines) is 1. The second kappa shape index (κ2) is 5.48. The van der Waals surface area contributed by atoms with E-state index in [0.717, 1.165) is 38.2 Å². The zero-order chi connectivity index (χ0) is 13.1. The summed E-state index contributed by atoms with van der Waals surface area (Å²) in [7, 11) is 0. The van der Waals surface area contributed by atoms with Gasteiger partial charge in [-0.2, -0.15) is 4.98 Å². The van der Waals surface area contributed by atoms with Gasteiger partial charge in [-0.05, 0) is 32.9 Å². The number of rotatable bonds is 4. The summed E-state index contributed by atoms with van der Waals surface area (Å²) in [6.07, 6.45) is 2.41. The van der Waals surface area contributed by atoms with Crippen LogP contribution in [0.25, 0.3) is 0 Å². The van der Waals surface area contributed by atoms with Crippen LogP contribution in [0.2, 0.25) is 0 Å². The molecule has 1 amide bonds. The van der Waals surface area contributed by atoms with Crippen LogP contribution in [0.15, 0.2) is 4.52 Å². The first-order valence-corrected chi connectivity index (χ1v) is 6.47. The standard InChI is InChI=1S/C12H20N4O2/c1-3-10-14-12(18-15-10)8(2)16-6-4-9(5-7-16)11(13)17/h8-9H,3-7H2,1-2H3,(H2,13,17)/t8-/m0/s1. The largest absolute Gasteiger partial charge is 0.369 e. The number of carbonyl (C=O) groups excluding carboxylic acids is 1. The van der Waals surface area contributed by atoms with Gasteiger partial charge >= 0.3 is 0 Å². The maximum absolute atomic E-state index is 11.1. The highest BCUT2D eigenvalue weighted by atomic mass is 16.5. The predicted molar refractivity (Wildman–Crippen MR) is 65.6 cm³/mol. The summed E-state index contributed by atoms with van der Waals surface area (Å²) in [5, 5.41) is 3.91. The minimum atomic E-state index is -0.187. The van der Waals surface area contributed by atoms with E-state index in [-0.39, 0.29) is 17.9 Å². The van der Waals surface area contributed by atoms with Gasteiger partial charge in [0.25, 0.3) is 0 Å². The highest BCUT2D eigenvalue weighted by molar-refractivity contribution is 5.76. The quantitative estimate of drug-likeness (QED) is 0.860. The number of hydrogen-bond donors (Lipinski definition) is 1. The maximum atomic E-state index is 11.1. The molecule has 0 spiro atoms. The van der Waals surface area contributed by atoms with Crippen molar-refractivity contribution in [2.24, 2.45) is 11.7 Å². The average molecular weight is 252 g/mol. The lowest BCUT2D eigenvalue weighted by Gasteiger charge is -2.33. The molecule has 0 unspecified atom stereocenters. The summed E-state index contributed by atoms with van der Waals surface area (Å²) in [4.78, 5) is 17.7. The summed E-state index contributed by atoms with van der Waals surface area (Å²) in [6.45, 7) is 5.74. The molecule has 0 bridgehead atoms. The Kier molecular flexibility index (Phi) is 3.96. The SMILES string of the molecule is CCc1noc([C@H](C)N2CCC(C(N)=O)CC2)n1. The monoisotopic (exact) mass is 252 g/mol. The molecule has 0 saturated carbocycles. The molecule has 6 heteroatoms. The van der Waals surface area contributed by atoms with Crippen molar-refractivity contribution in [3.8, 4) is 0 Å². The lowest BCUT2D eigenvalue weighted by molar-refractivity contribution is -0.123. The van der Waals surface area contributed by atoms with E-state index in [2.05, 4.69) is 22.0 Å². The van der Waals surface area contributed by atoms with E-state index < -0.39 is 0 Å². The summed E-state index contributed by atoms with van der Waals surface area (Å²) in [5.41, 5.74) is 5.32. The van der Waals surface area contributed by atoms with E-state index >= 15 is 0 Å². The third kappa shape index (κ3) is 2.69. The topological polar surface area (TPSA) is 85.3 Å². The Hall–Kier alpha value is -1.43. The van der Waals surface area contributed by atoms with Crippen LogP contribution in [0.1, 0.15) is 44.4 Å². The second-order valence-corrected chi connectivity index (χ2v) is 4.79. The number of aryl methyl sites for hydroxylation is 1. The van der Waals surface area contributed by atoms with Crippen LogP contribution in [0, 0.1) is 5.92 Å². The molecule has 1 saturated heterocycles. The third-order valence-electron chi connectivity index (χ3n) is 3.64. The molecule has 1 atom stereocenters. The van der Waals surface area contributed by atoms with E-state index in [0.29, 0.717) is 5.89 Å². The number of hydrogen-bond acceptors (Lipinski definition) is 5. The van der Waals surface area contributed by atoms with Crippen molar-refractivity contribution in [2.45, 2.75) is 39.2 Å². The number of carbonyl (C=O) groups is 1. The molecule has 0 aromatic carbocycles. The Balaban J connectivity index is 1.94. The molecule has 100 valence electrons. The molecule has 0 radical (unpaired) electrons. The molecule has 2 N–H and O–H groups in total. The van der Waals surface area contributed by atoms with Crippen molar-refractivity contribution in [3.63, 3.8) is 0 Å². The Morgan fingerprint density at radius 1 is 1.56 bits per heavy atom. The van der Waals surface area contributed by atoms with E-state index in [4.69, 9.17) is 10.3 Å². The zero-order valence-corrected chi connectivity index (χ0v) is 10.9. The van der Waals surface area contributed by atoms with Crippen molar-refractivity contribution in [2.75, 3.05) is 13.1 Å². The van der Waals surface area contributed by atoms with Gasteiger partial charge in [-0.3, -0.25) is 9.69 Å². The van der Waals surface area contributed by atoms with Crippen molar-refractivity contribution in [1.82, 2.24) is 15.0 Å². The van der Waals surface area contributed by atoms with Crippen molar-refractivity contribution in [3.05, 3.63) is 11.7 Å². The first kappa shape index (κ1) is 13.0. The van der Waals surface area contributed by atoms with Gasteiger partial charge in [-0.1, -0.05) is 12.1 Å². The molecule has 2 rings (SSSR count). The van der Waals surface area contributed by atoms with Crippen LogP contribution >= 0.6 is 0 Å². The van der Waals surface area contributed by atoms with Gasteiger partial charge in [-0.25, -0.2) is 0 Å². The maximum Gasteiger partial charge on any atom is 0.243 e. The van der Waals surface area contributed by atoms with Gasteiger partial charge in [0.2, 0.25) is 11.8 Å². The number of piperidine rings is 1. The zero-order valence-electron chi connectivity index (χ0n) is 10.9. The summed E-state index contributed by atoms with van der Waals surface area (Å²) < 4.78 is 5.25. The fourth-order valence-corrected chi connectivity index (χ4v) is 2.31. The first-order chi connectivity index (χ1) is 8.61. The van der Waals surface area contributed by atoms with Crippen molar-refractivity contribution in [1.29, 1.82) is 0 Å². The lowest BCUT2D eigenvalue weighted by Crippen LogP contribution is -2.39. The van der Waals surface area contributed by atoms with E-state index in [1.54, 1.807) is 0 Å². The molecule has 1 fully saturated rings. The number of nitrogens with two attached hydrogens (primary N) is 1. The predicted octanol–water partition coefficient (Wildman–Crippen LogP) is 0.890. The molecule has 6 nitrogen and oxygen atoms in total. The van der Waals surface area contributed by atoms with Crippen molar-refractivity contribution < 1.29 is 9.32 Å². The van der Waals surface area contributed by atoms with E-state index in [9.17, 15) is 4.79 Å². The van der Waals surface area contributed by atoms with E-state index in [1.807, 2.05) is 6.92 Å². The molecule has 1 aliphatic heterocycles. The first-order valence-electron chi connectivity index (χ1n) is 6.47. The van der Waals surface area contributed by atoms with Gasteiger partial charge < -0.3 is 10.3 Å². The van der Waals surface area contributed by atoms with Gasteiger partial charge in [0.15, 0.2) is 5.82 Å². The number of primary amides is 1. The Bertz CT molecular complexity index is 410. The molecule has 2 heterocycles. The summed E-state index contributed by atoms with van der Waals surface area (Å²) in [5.74, 6) is 1.23. The summed E-state index contributed by atoms with van der Waals surface area (Å²) >= 11 is 0. The third-order valence-corrected chi connectivity index (χ3v) is 3.64. The molecule has 1 aliphatic rings. The van der Waals surface area contributed by atoms with Gasteiger partial charge in [-0.15, -0.1) is 0 Å². The minimum Gasteiger partial charge on any atom is -0.369 e. The Morgan fingerprint density at radius 3 is 2.72 bits per heavy atom. The van der Waals surface area contributed by atoms with Crippen LogP contribution in [0.5, 0.6) is 0 Å². The lowest BCUT2D eigenvalue weighted by atomic mass is 9.95. The molecule has 1 aromatic rings. The van der Waals surface area contributed by atoms with Crippen LogP contribution in [-0.2, 0) is 11.2 Å². The molecular weight excluding hydrogens is 232 g/mol. The fraction of sp³-hybridized carbons (Fsp3) is 0.750. The van der Waals surface area contributed by atoms with Gasteiger partial charge in [0.1, 0.15) is 0 Å². The average Bonchev–Trinajstić information content (AvgIpc) is 2.86. The van der Waals surface area contributed by atoms with Gasteiger partial charge in [0, 0.05) is 12.3 Å². The van der Waals surface area contributed by atoms with Crippen LogP contribution in [0.3, 0.4) is 0 Å². The Labute approximate surface area is 107 Å². The normalized spacial score (nSPS) is 19.9. The highest BCUT2D eigenvalue weighted by Crippen LogP contribution is 2.25. The molecule has 18 heavy (non-hydrogen) atoms. The smallest absolute Gasteiger partial charge is 0.243 e. The highest BCUT2D eigenvalue weighted by Gasteiger charge is 2.28. The fourth-order valence-electron chi connectivity index (χ4n) is 2.31. The number of nitrogens with zero attached hydrogens (tertiary/aromatic N) is 3. The van der Waals surface area contributed by atoms with Crippen LogP contribution in [0.4, 0.5) is 0 Å².